The van der Waals surface area contributed by atoms with Gasteiger partial charge in [0.25, 0.3) is 0 Å². The molecule has 1 fully saturated rings. The smallest absolute Gasteiger partial charge is 0.164 e. The Hall–Kier alpha value is -3.09. The Balaban J connectivity index is 1.78. The zero-order chi connectivity index (χ0) is 16.3. The van der Waals surface area contributed by atoms with Gasteiger partial charge in [-0.1, -0.05) is 0 Å². The molecule has 7 nitrogen and oxygen atoms in total. The monoisotopic (exact) mass is 320 g/mol. The number of nitrogens with one attached hydrogen (secondary N) is 1. The zero-order valence-electron chi connectivity index (χ0n) is 12.9. The summed E-state index contributed by atoms with van der Waals surface area (Å²) >= 11 is 0. The number of hydrogen-bond acceptors (Lipinski definition) is 5. The van der Waals surface area contributed by atoms with Gasteiger partial charge in [0.2, 0.25) is 0 Å². The van der Waals surface area contributed by atoms with Crippen molar-refractivity contribution < 1.29 is 5.11 Å². The molecule has 120 valence electrons. The molecule has 3 heterocycles. The number of nitrogens with zero attached hydrogens (tertiary/aromatic N) is 4. The summed E-state index contributed by atoms with van der Waals surface area (Å²) in [6.45, 7) is 0. The average molecular weight is 320 g/mol. The maximum Gasteiger partial charge on any atom is 0.164 e. The SMILES string of the molecule is Nc1ncnc2c1c(-c1cc3cc(O)ccc3[nH]1)nn2C1CCC1. The molecule has 1 aromatic carbocycles. The number of H-pyrrole nitrogens is 1. The minimum Gasteiger partial charge on any atom is -0.508 e. The van der Waals surface area contributed by atoms with E-state index >= 15 is 0 Å². The number of aromatic nitrogens is 5. The summed E-state index contributed by atoms with van der Waals surface area (Å²) < 4.78 is 1.98. The third kappa shape index (κ3) is 1.81. The van der Waals surface area contributed by atoms with Gasteiger partial charge < -0.3 is 15.8 Å². The summed E-state index contributed by atoms with van der Waals surface area (Å²) in [5, 5.41) is 16.2. The van der Waals surface area contributed by atoms with Crippen LogP contribution in [0.25, 0.3) is 33.3 Å². The van der Waals surface area contributed by atoms with Crippen molar-refractivity contribution in [2.75, 3.05) is 5.73 Å². The number of phenols is 1. The molecule has 1 saturated carbocycles. The van der Waals surface area contributed by atoms with Crippen molar-refractivity contribution in [2.45, 2.75) is 25.3 Å². The second kappa shape index (κ2) is 4.70. The number of aromatic hydroxyl groups is 1. The molecular weight excluding hydrogens is 304 g/mol. The van der Waals surface area contributed by atoms with Gasteiger partial charge in [-0.15, -0.1) is 0 Å². The van der Waals surface area contributed by atoms with Gasteiger partial charge in [-0.25, -0.2) is 14.6 Å². The standard InChI is InChI=1S/C17H16N6O/c18-16-14-15(13-7-9-6-11(24)4-5-12(9)21-13)22-23(10-2-1-3-10)17(14)20-8-19-16/h4-8,10,21,24H,1-3H2,(H2,18,19,20). The fourth-order valence-electron chi connectivity index (χ4n) is 3.32. The molecule has 24 heavy (non-hydrogen) atoms. The van der Waals surface area contributed by atoms with Crippen LogP contribution in [0.15, 0.2) is 30.6 Å². The fourth-order valence-corrected chi connectivity index (χ4v) is 3.32. The van der Waals surface area contributed by atoms with Crippen LogP contribution >= 0.6 is 0 Å². The van der Waals surface area contributed by atoms with Crippen LogP contribution in [0.4, 0.5) is 5.82 Å². The third-order valence-electron chi connectivity index (χ3n) is 4.80. The molecule has 0 atom stereocenters. The second-order valence-electron chi connectivity index (χ2n) is 6.29. The first-order valence-corrected chi connectivity index (χ1v) is 8.01. The first-order valence-electron chi connectivity index (χ1n) is 8.01. The van der Waals surface area contributed by atoms with Crippen molar-refractivity contribution >= 4 is 27.8 Å². The molecule has 3 aromatic heterocycles. The van der Waals surface area contributed by atoms with Crippen molar-refractivity contribution in [1.82, 2.24) is 24.7 Å². The lowest BCUT2D eigenvalue weighted by Crippen LogP contribution is -2.18. The molecule has 4 aromatic rings. The van der Waals surface area contributed by atoms with Gasteiger partial charge >= 0.3 is 0 Å². The molecule has 1 aliphatic rings. The lowest BCUT2D eigenvalue weighted by molar-refractivity contribution is 0.296. The zero-order valence-corrected chi connectivity index (χ0v) is 12.9. The van der Waals surface area contributed by atoms with Crippen LogP contribution in [0.3, 0.4) is 0 Å². The number of nitrogens with two attached hydrogens (primary N) is 1. The van der Waals surface area contributed by atoms with Crippen molar-refractivity contribution in [1.29, 1.82) is 0 Å². The van der Waals surface area contributed by atoms with Crippen LogP contribution in [-0.2, 0) is 0 Å². The summed E-state index contributed by atoms with van der Waals surface area (Å²) in [7, 11) is 0. The molecule has 7 heteroatoms. The Bertz CT molecular complexity index is 1080. The van der Waals surface area contributed by atoms with Crippen molar-refractivity contribution in [3.63, 3.8) is 0 Å². The van der Waals surface area contributed by atoms with E-state index in [1.807, 2.05) is 16.8 Å². The summed E-state index contributed by atoms with van der Waals surface area (Å²) in [5.41, 5.74) is 9.45. The van der Waals surface area contributed by atoms with Gasteiger partial charge in [0.05, 0.1) is 17.1 Å². The predicted octanol–water partition coefficient (Wildman–Crippen LogP) is 2.99. The Kier molecular flexibility index (Phi) is 2.62. The van der Waals surface area contributed by atoms with E-state index < -0.39 is 0 Å². The van der Waals surface area contributed by atoms with E-state index in [2.05, 4.69) is 15.0 Å². The highest BCUT2D eigenvalue weighted by molar-refractivity contribution is 6.00. The van der Waals surface area contributed by atoms with Gasteiger partial charge in [0.15, 0.2) is 5.65 Å². The number of fused-ring (bicyclic) bond motifs is 2. The number of anilines is 1. The van der Waals surface area contributed by atoms with Crippen molar-refractivity contribution in [3.05, 3.63) is 30.6 Å². The molecule has 4 N–H and O–H groups in total. The average Bonchev–Trinajstić information content (AvgIpc) is 3.08. The fraction of sp³-hybridized carbons (Fsp3) is 0.235. The molecule has 1 aliphatic carbocycles. The molecule has 0 spiro atoms. The van der Waals surface area contributed by atoms with E-state index in [0.29, 0.717) is 11.9 Å². The van der Waals surface area contributed by atoms with Gasteiger partial charge in [0.1, 0.15) is 23.6 Å². The molecule has 0 saturated heterocycles. The van der Waals surface area contributed by atoms with Gasteiger partial charge in [-0.3, -0.25) is 0 Å². The van der Waals surface area contributed by atoms with Crippen molar-refractivity contribution in [3.8, 4) is 17.1 Å². The molecule has 0 unspecified atom stereocenters. The number of hydrogen-bond donors (Lipinski definition) is 3. The summed E-state index contributed by atoms with van der Waals surface area (Å²) in [5.74, 6) is 0.669. The van der Waals surface area contributed by atoms with E-state index in [4.69, 9.17) is 10.8 Å². The quantitative estimate of drug-likeness (QED) is 0.526. The van der Waals surface area contributed by atoms with Crippen LogP contribution < -0.4 is 5.73 Å². The third-order valence-corrected chi connectivity index (χ3v) is 4.80. The van der Waals surface area contributed by atoms with E-state index in [0.717, 1.165) is 46.2 Å². The minimum atomic E-state index is 0.237. The number of rotatable bonds is 2. The Morgan fingerprint density at radius 2 is 2.08 bits per heavy atom. The van der Waals surface area contributed by atoms with Crippen LogP contribution in [0.1, 0.15) is 25.3 Å². The van der Waals surface area contributed by atoms with E-state index in [1.54, 1.807) is 12.1 Å². The van der Waals surface area contributed by atoms with Gasteiger partial charge in [-0.2, -0.15) is 5.10 Å². The van der Waals surface area contributed by atoms with Crippen LogP contribution in [-0.4, -0.2) is 29.8 Å². The predicted molar refractivity (Wildman–Crippen MR) is 91.6 cm³/mol. The van der Waals surface area contributed by atoms with Crippen LogP contribution in [0, 0.1) is 0 Å². The number of benzene rings is 1. The maximum atomic E-state index is 9.67. The van der Waals surface area contributed by atoms with E-state index in [1.165, 1.54) is 12.7 Å². The lowest BCUT2D eigenvalue weighted by atomic mass is 9.93. The number of nitrogen functional groups attached to an aromatic ring is 1. The maximum absolute atomic E-state index is 9.67. The molecule has 0 amide bonds. The summed E-state index contributed by atoms with van der Waals surface area (Å²) in [4.78, 5) is 11.9. The van der Waals surface area contributed by atoms with Crippen LogP contribution in [0.2, 0.25) is 0 Å². The molecular formula is C17H16N6O. The molecule has 0 radical (unpaired) electrons. The minimum absolute atomic E-state index is 0.237. The second-order valence-corrected chi connectivity index (χ2v) is 6.29. The van der Waals surface area contributed by atoms with E-state index in [-0.39, 0.29) is 5.75 Å². The highest BCUT2D eigenvalue weighted by Crippen LogP contribution is 2.38. The molecule has 5 rings (SSSR count). The highest BCUT2D eigenvalue weighted by Gasteiger charge is 2.26. The summed E-state index contributed by atoms with van der Waals surface area (Å²) in [6.07, 6.45) is 4.93. The first-order chi connectivity index (χ1) is 11.7. The topological polar surface area (TPSA) is 106 Å². The highest BCUT2D eigenvalue weighted by atomic mass is 16.3. The Morgan fingerprint density at radius 1 is 1.21 bits per heavy atom. The van der Waals surface area contributed by atoms with Gasteiger partial charge in [-0.05, 0) is 43.5 Å². The normalized spacial score (nSPS) is 15.2. The van der Waals surface area contributed by atoms with Crippen LogP contribution in [0.5, 0.6) is 5.75 Å². The summed E-state index contributed by atoms with van der Waals surface area (Å²) in [6, 6.07) is 7.57. The first kappa shape index (κ1) is 13.4. The van der Waals surface area contributed by atoms with Gasteiger partial charge in [0, 0.05) is 10.9 Å². The Labute approximate surface area is 137 Å². The number of phenolic OH excluding ortho intramolecular Hbond substituents is 1. The number of aromatic amines is 1. The molecule has 0 bridgehead atoms. The molecule has 0 aliphatic heterocycles. The van der Waals surface area contributed by atoms with E-state index in [9.17, 15) is 5.11 Å². The Morgan fingerprint density at radius 3 is 2.88 bits per heavy atom. The largest absolute Gasteiger partial charge is 0.508 e. The van der Waals surface area contributed by atoms with Crippen molar-refractivity contribution in [2.24, 2.45) is 0 Å². The lowest BCUT2D eigenvalue weighted by Gasteiger charge is -2.25.